The summed E-state index contributed by atoms with van der Waals surface area (Å²) in [5.41, 5.74) is 5.74. The molecule has 28 heavy (non-hydrogen) atoms. The van der Waals surface area contributed by atoms with Gasteiger partial charge in [0.15, 0.2) is 0 Å². The van der Waals surface area contributed by atoms with E-state index in [0.29, 0.717) is 25.4 Å². The minimum atomic E-state index is -0.898. The first-order valence-corrected chi connectivity index (χ1v) is 10.3. The number of ether oxygens (including phenoxy) is 1. The molecule has 1 aliphatic carbocycles. The van der Waals surface area contributed by atoms with Crippen molar-refractivity contribution in [2.24, 2.45) is 11.1 Å². The Kier molecular flexibility index (Phi) is 5.19. The molecule has 3 fully saturated rings. The number of amides is 2. The lowest BCUT2D eigenvalue weighted by Gasteiger charge is -2.44. The van der Waals surface area contributed by atoms with Crippen LogP contribution in [0.1, 0.15) is 25.7 Å². The van der Waals surface area contributed by atoms with Crippen LogP contribution in [0.2, 0.25) is 0 Å². The van der Waals surface area contributed by atoms with E-state index in [2.05, 4.69) is 15.9 Å². The third-order valence-electron chi connectivity index (χ3n) is 6.57. The van der Waals surface area contributed by atoms with Gasteiger partial charge in [-0.05, 0) is 37.8 Å². The van der Waals surface area contributed by atoms with E-state index >= 15 is 0 Å². The number of carbonyl (C=O) groups is 2. The van der Waals surface area contributed by atoms with Gasteiger partial charge in [0.2, 0.25) is 11.8 Å². The van der Waals surface area contributed by atoms with Crippen LogP contribution in [-0.4, -0.2) is 74.0 Å². The highest BCUT2D eigenvalue weighted by atomic mass is 16.5. The molecule has 0 aromatic heterocycles. The van der Waals surface area contributed by atoms with Crippen LogP contribution in [0.4, 0.5) is 5.69 Å². The van der Waals surface area contributed by atoms with Crippen LogP contribution in [0.25, 0.3) is 0 Å². The van der Waals surface area contributed by atoms with Gasteiger partial charge in [-0.2, -0.15) is 0 Å². The number of para-hydroxylation sites is 2. The minimum absolute atomic E-state index is 0.0441. The topological polar surface area (TPSA) is 79.1 Å². The minimum Gasteiger partial charge on any atom is -0.495 e. The zero-order valence-electron chi connectivity index (χ0n) is 16.6. The molecule has 7 heteroatoms. The van der Waals surface area contributed by atoms with E-state index in [1.54, 1.807) is 7.11 Å². The molecule has 152 valence electrons. The van der Waals surface area contributed by atoms with Crippen molar-refractivity contribution >= 4 is 17.5 Å². The summed E-state index contributed by atoms with van der Waals surface area (Å²) >= 11 is 0. The number of methoxy groups -OCH3 is 1. The van der Waals surface area contributed by atoms with Gasteiger partial charge >= 0.3 is 0 Å². The molecule has 2 saturated heterocycles. The fourth-order valence-corrected chi connectivity index (χ4v) is 4.65. The molecule has 2 aliphatic heterocycles. The average Bonchev–Trinajstić information content (AvgIpc) is 3.56. The van der Waals surface area contributed by atoms with Crippen molar-refractivity contribution in [3.05, 3.63) is 24.3 Å². The van der Waals surface area contributed by atoms with E-state index in [1.807, 2.05) is 23.1 Å². The molecule has 0 bridgehead atoms. The second kappa shape index (κ2) is 7.62. The highest BCUT2D eigenvalue weighted by Gasteiger charge is 2.57. The molecule has 1 atom stereocenters. The molecule has 2 amide bonds. The van der Waals surface area contributed by atoms with E-state index in [4.69, 9.17) is 10.5 Å². The van der Waals surface area contributed by atoms with Gasteiger partial charge in [0.25, 0.3) is 0 Å². The number of primary amides is 1. The van der Waals surface area contributed by atoms with E-state index in [1.165, 1.54) is 0 Å². The predicted molar refractivity (Wildman–Crippen MR) is 107 cm³/mol. The summed E-state index contributed by atoms with van der Waals surface area (Å²) in [4.78, 5) is 31.3. The molecule has 2 N–H and O–H groups in total. The van der Waals surface area contributed by atoms with Crippen molar-refractivity contribution in [1.82, 2.24) is 9.80 Å². The first-order valence-electron chi connectivity index (χ1n) is 10.3. The maximum absolute atomic E-state index is 12.8. The van der Waals surface area contributed by atoms with Gasteiger partial charge in [0.1, 0.15) is 11.2 Å². The standard InChI is InChI=1S/C21H30N4O3/c1-28-18-7-3-2-6-17(18)24-13-11-23(12-14-24)16-5-4-10-25(15-16)20(27)21(8-9-21)19(22)26/h2-3,6-7,16H,4-5,8-15H2,1H3,(H2,22,26)/t16-/m1/s1. The van der Waals surface area contributed by atoms with Gasteiger partial charge in [-0.25, -0.2) is 0 Å². The second-order valence-corrected chi connectivity index (χ2v) is 8.19. The normalized spacial score (nSPS) is 24.7. The molecule has 4 rings (SSSR count). The van der Waals surface area contributed by atoms with Gasteiger partial charge < -0.3 is 20.3 Å². The Bertz CT molecular complexity index is 741. The van der Waals surface area contributed by atoms with Crippen molar-refractivity contribution in [3.63, 3.8) is 0 Å². The largest absolute Gasteiger partial charge is 0.495 e. The number of piperazine rings is 1. The maximum atomic E-state index is 12.8. The molecule has 1 aromatic carbocycles. The average molecular weight is 386 g/mol. The summed E-state index contributed by atoms with van der Waals surface area (Å²) < 4.78 is 5.50. The Balaban J connectivity index is 1.36. The Hall–Kier alpha value is -2.28. The van der Waals surface area contributed by atoms with Crippen LogP contribution in [-0.2, 0) is 9.59 Å². The summed E-state index contributed by atoms with van der Waals surface area (Å²) in [6.07, 6.45) is 3.31. The van der Waals surface area contributed by atoms with Crippen LogP contribution in [0.15, 0.2) is 24.3 Å². The number of piperidine rings is 1. The van der Waals surface area contributed by atoms with Crippen LogP contribution in [0, 0.1) is 5.41 Å². The Morgan fingerprint density at radius 3 is 2.46 bits per heavy atom. The van der Waals surface area contributed by atoms with E-state index < -0.39 is 11.3 Å². The van der Waals surface area contributed by atoms with Gasteiger partial charge in [-0.15, -0.1) is 0 Å². The van der Waals surface area contributed by atoms with E-state index in [9.17, 15) is 9.59 Å². The van der Waals surface area contributed by atoms with Crippen LogP contribution in [0.5, 0.6) is 5.75 Å². The predicted octanol–water partition coefficient (Wildman–Crippen LogP) is 1.07. The summed E-state index contributed by atoms with van der Waals surface area (Å²) in [6.45, 7) is 5.26. The lowest BCUT2D eigenvalue weighted by molar-refractivity contribution is -0.144. The summed E-state index contributed by atoms with van der Waals surface area (Å²) in [6, 6.07) is 8.50. The third-order valence-corrected chi connectivity index (χ3v) is 6.57. The molecular weight excluding hydrogens is 356 g/mol. The van der Waals surface area contributed by atoms with E-state index in [0.717, 1.165) is 57.0 Å². The molecule has 0 spiro atoms. The lowest BCUT2D eigenvalue weighted by Crippen LogP contribution is -2.57. The quantitative estimate of drug-likeness (QED) is 0.766. The smallest absolute Gasteiger partial charge is 0.238 e. The van der Waals surface area contributed by atoms with Gasteiger partial charge in [-0.1, -0.05) is 12.1 Å². The number of hydrogen-bond acceptors (Lipinski definition) is 5. The lowest BCUT2D eigenvalue weighted by atomic mass is 9.98. The number of rotatable bonds is 5. The zero-order valence-corrected chi connectivity index (χ0v) is 16.6. The van der Waals surface area contributed by atoms with Gasteiger partial charge in [0.05, 0.1) is 12.8 Å². The number of anilines is 1. The Morgan fingerprint density at radius 1 is 1.11 bits per heavy atom. The number of likely N-dealkylation sites (tertiary alicyclic amines) is 1. The summed E-state index contributed by atoms with van der Waals surface area (Å²) in [5.74, 6) is 0.411. The summed E-state index contributed by atoms with van der Waals surface area (Å²) in [5, 5.41) is 0. The Labute approximate surface area is 166 Å². The van der Waals surface area contributed by atoms with Crippen molar-refractivity contribution in [1.29, 1.82) is 0 Å². The van der Waals surface area contributed by atoms with Gasteiger partial charge in [-0.3, -0.25) is 14.5 Å². The van der Waals surface area contributed by atoms with Crippen LogP contribution in [0.3, 0.4) is 0 Å². The first-order chi connectivity index (χ1) is 13.5. The highest BCUT2D eigenvalue weighted by molar-refractivity contribution is 6.07. The number of nitrogens with zero attached hydrogens (tertiary/aromatic N) is 3. The number of hydrogen-bond donors (Lipinski definition) is 1. The maximum Gasteiger partial charge on any atom is 0.238 e. The molecule has 1 aromatic rings. The highest BCUT2D eigenvalue weighted by Crippen LogP contribution is 2.47. The fraction of sp³-hybridized carbons (Fsp3) is 0.619. The Morgan fingerprint density at radius 2 is 1.82 bits per heavy atom. The fourth-order valence-electron chi connectivity index (χ4n) is 4.65. The molecule has 2 heterocycles. The molecular formula is C21H30N4O3. The van der Waals surface area contributed by atoms with E-state index in [-0.39, 0.29) is 5.91 Å². The number of benzene rings is 1. The molecule has 0 radical (unpaired) electrons. The van der Waals surface area contributed by atoms with Crippen LogP contribution >= 0.6 is 0 Å². The second-order valence-electron chi connectivity index (χ2n) is 8.19. The molecule has 0 unspecified atom stereocenters. The SMILES string of the molecule is COc1ccccc1N1CCN([C@@H]2CCCN(C(=O)C3(C(N)=O)CC3)C2)CC1. The summed E-state index contributed by atoms with van der Waals surface area (Å²) in [7, 11) is 1.71. The number of carbonyl (C=O) groups excluding carboxylic acids is 2. The zero-order chi connectivity index (χ0) is 19.7. The molecule has 1 saturated carbocycles. The molecule has 3 aliphatic rings. The monoisotopic (exact) mass is 386 g/mol. The van der Waals surface area contributed by atoms with Crippen molar-refractivity contribution < 1.29 is 14.3 Å². The van der Waals surface area contributed by atoms with Crippen molar-refractivity contribution in [2.75, 3.05) is 51.3 Å². The van der Waals surface area contributed by atoms with Crippen molar-refractivity contribution in [3.8, 4) is 5.75 Å². The van der Waals surface area contributed by atoms with Crippen LogP contribution < -0.4 is 15.4 Å². The molecule has 7 nitrogen and oxygen atoms in total. The first kappa shape index (κ1) is 19.1. The van der Waals surface area contributed by atoms with Gasteiger partial charge in [0, 0.05) is 45.3 Å². The third kappa shape index (κ3) is 3.43. The van der Waals surface area contributed by atoms with Crippen molar-refractivity contribution in [2.45, 2.75) is 31.7 Å². The number of nitrogens with two attached hydrogens (primary N) is 1.